The highest BCUT2D eigenvalue weighted by Gasteiger charge is 2.19. The van der Waals surface area contributed by atoms with E-state index in [0.717, 1.165) is 4.57 Å². The lowest BCUT2D eigenvalue weighted by atomic mass is 10.2. The van der Waals surface area contributed by atoms with E-state index in [1.807, 2.05) is 6.07 Å². The van der Waals surface area contributed by atoms with Gasteiger partial charge in [0.25, 0.3) is 5.56 Å². The van der Waals surface area contributed by atoms with Crippen molar-refractivity contribution in [1.82, 2.24) is 9.13 Å². The fourth-order valence-electron chi connectivity index (χ4n) is 2.38. The number of nitrogens with zero attached hydrogens (tertiary/aromatic N) is 3. The van der Waals surface area contributed by atoms with E-state index in [1.54, 1.807) is 12.1 Å². The topological polar surface area (TPSA) is 98.3 Å². The smallest absolute Gasteiger partial charge is 0.332 e. The maximum Gasteiger partial charge on any atom is 0.332 e. The second-order valence-corrected chi connectivity index (χ2v) is 6.00. The van der Waals surface area contributed by atoms with Crippen LogP contribution in [0.25, 0.3) is 0 Å². The molecule has 24 heavy (non-hydrogen) atoms. The summed E-state index contributed by atoms with van der Waals surface area (Å²) in [4.78, 5) is 24.2. The van der Waals surface area contributed by atoms with Gasteiger partial charge in [-0.25, -0.2) is 4.79 Å². The van der Waals surface area contributed by atoms with E-state index in [4.69, 9.17) is 9.47 Å². The van der Waals surface area contributed by atoms with Crippen molar-refractivity contribution in [3.63, 3.8) is 0 Å². The van der Waals surface area contributed by atoms with Gasteiger partial charge >= 0.3 is 5.69 Å². The molecule has 0 saturated carbocycles. The number of fused-ring (bicyclic) bond motifs is 1. The molecular weight excluding hydrogens is 380 g/mol. The van der Waals surface area contributed by atoms with Gasteiger partial charge in [0.2, 0.25) is 0 Å². The van der Waals surface area contributed by atoms with Gasteiger partial charge in [-0.15, -0.1) is 0 Å². The fourth-order valence-corrected chi connectivity index (χ4v) is 2.80. The van der Waals surface area contributed by atoms with Gasteiger partial charge in [-0.05, 0) is 15.9 Å². The van der Waals surface area contributed by atoms with Crippen LogP contribution in [0, 0.1) is 11.3 Å². The zero-order valence-corrected chi connectivity index (χ0v) is 14.5. The second kappa shape index (κ2) is 6.05. The quantitative estimate of drug-likeness (QED) is 0.825. The van der Waals surface area contributed by atoms with Crippen LogP contribution in [-0.4, -0.2) is 22.3 Å². The van der Waals surface area contributed by atoms with Crippen LogP contribution in [0.4, 0.5) is 11.5 Å². The molecule has 1 N–H and O–H groups in total. The first-order valence-corrected chi connectivity index (χ1v) is 7.79. The monoisotopic (exact) mass is 392 g/mol. The number of rotatable bonds is 2. The summed E-state index contributed by atoms with van der Waals surface area (Å²) in [6, 6.07) is 5.25. The molecule has 3 rings (SSSR count). The summed E-state index contributed by atoms with van der Waals surface area (Å²) >= 11 is 3.40. The lowest BCUT2D eigenvalue weighted by Gasteiger charge is -2.21. The molecule has 2 aromatic rings. The van der Waals surface area contributed by atoms with Crippen LogP contribution >= 0.6 is 15.9 Å². The number of nitriles is 1. The average molecular weight is 393 g/mol. The number of hydrogen-bond acceptors (Lipinski definition) is 6. The molecule has 1 aliphatic rings. The molecule has 1 aromatic carbocycles. The summed E-state index contributed by atoms with van der Waals surface area (Å²) in [5.41, 5.74) is -0.799. The van der Waals surface area contributed by atoms with Crippen molar-refractivity contribution in [1.29, 1.82) is 5.26 Å². The Morgan fingerprint density at radius 2 is 1.79 bits per heavy atom. The van der Waals surface area contributed by atoms with Gasteiger partial charge in [-0.3, -0.25) is 13.9 Å². The van der Waals surface area contributed by atoms with E-state index in [9.17, 15) is 14.9 Å². The molecule has 124 valence electrons. The van der Waals surface area contributed by atoms with Gasteiger partial charge in [0, 0.05) is 30.7 Å². The average Bonchev–Trinajstić information content (AvgIpc) is 2.58. The van der Waals surface area contributed by atoms with Crippen LogP contribution in [0.5, 0.6) is 11.5 Å². The Bertz CT molecular complexity index is 987. The predicted molar refractivity (Wildman–Crippen MR) is 90.1 cm³/mol. The summed E-state index contributed by atoms with van der Waals surface area (Å²) in [6.45, 7) is 0.899. The van der Waals surface area contributed by atoms with Crippen LogP contribution in [0.15, 0.2) is 26.2 Å². The minimum absolute atomic E-state index is 0.114. The first-order chi connectivity index (χ1) is 11.4. The molecule has 0 bridgehead atoms. The molecule has 8 nitrogen and oxygen atoms in total. The summed E-state index contributed by atoms with van der Waals surface area (Å²) in [6.07, 6.45) is 0. The molecule has 1 aromatic heterocycles. The van der Waals surface area contributed by atoms with Crippen molar-refractivity contribution in [2.24, 2.45) is 14.1 Å². The standard InChI is InChI=1S/C15H13BrN4O4/c1-19-13(8(7-17)14(21)20(2)15(19)22)18-10-6-12-11(5-9(10)16)23-3-4-24-12/h5-6,18H,3-4H2,1-2H3. The number of benzene rings is 1. The minimum atomic E-state index is -0.656. The Balaban J connectivity index is 2.15. The third-order valence-corrected chi connectivity index (χ3v) is 4.32. The van der Waals surface area contributed by atoms with Gasteiger partial charge < -0.3 is 14.8 Å². The second-order valence-electron chi connectivity index (χ2n) is 5.14. The third kappa shape index (κ3) is 2.55. The number of anilines is 2. The number of hydrogen-bond donors (Lipinski definition) is 1. The first kappa shape index (κ1) is 16.1. The van der Waals surface area contributed by atoms with Crippen LogP contribution in [0.3, 0.4) is 0 Å². The van der Waals surface area contributed by atoms with Crippen molar-refractivity contribution >= 4 is 27.4 Å². The van der Waals surface area contributed by atoms with Gasteiger partial charge in [0.1, 0.15) is 25.1 Å². The van der Waals surface area contributed by atoms with E-state index in [2.05, 4.69) is 21.2 Å². The maximum absolute atomic E-state index is 12.1. The van der Waals surface area contributed by atoms with Crippen LogP contribution in [0.1, 0.15) is 5.56 Å². The fraction of sp³-hybridized carbons (Fsp3) is 0.267. The van der Waals surface area contributed by atoms with Crippen molar-refractivity contribution in [3.05, 3.63) is 43.0 Å². The molecule has 0 amide bonds. The molecule has 0 fully saturated rings. The lowest BCUT2D eigenvalue weighted by Crippen LogP contribution is -2.39. The molecular formula is C15H13BrN4O4. The van der Waals surface area contributed by atoms with Crippen molar-refractivity contribution in [2.45, 2.75) is 0 Å². The number of nitrogens with one attached hydrogen (secondary N) is 1. The first-order valence-electron chi connectivity index (χ1n) is 7.00. The van der Waals surface area contributed by atoms with Crippen molar-refractivity contribution in [2.75, 3.05) is 18.5 Å². The normalized spacial score (nSPS) is 12.6. The summed E-state index contributed by atoms with van der Waals surface area (Å²) < 4.78 is 13.8. The van der Waals surface area contributed by atoms with Gasteiger partial charge in [-0.2, -0.15) is 5.26 Å². The third-order valence-electron chi connectivity index (χ3n) is 3.66. The molecule has 0 spiro atoms. The molecule has 9 heteroatoms. The number of aromatic nitrogens is 2. The Morgan fingerprint density at radius 3 is 2.42 bits per heavy atom. The number of ether oxygens (including phenoxy) is 2. The zero-order valence-electron chi connectivity index (χ0n) is 12.9. The lowest BCUT2D eigenvalue weighted by molar-refractivity contribution is 0.171. The van der Waals surface area contributed by atoms with E-state index in [-0.39, 0.29) is 11.4 Å². The van der Waals surface area contributed by atoms with E-state index < -0.39 is 11.2 Å². The van der Waals surface area contributed by atoms with Crippen molar-refractivity contribution < 1.29 is 9.47 Å². The van der Waals surface area contributed by atoms with Gasteiger partial charge in [-0.1, -0.05) is 0 Å². The molecule has 0 atom stereocenters. The molecule has 0 unspecified atom stereocenters. The largest absolute Gasteiger partial charge is 0.486 e. The maximum atomic E-state index is 12.1. The Kier molecular flexibility index (Phi) is 4.07. The highest BCUT2D eigenvalue weighted by Crippen LogP contribution is 2.39. The van der Waals surface area contributed by atoms with Crippen molar-refractivity contribution in [3.8, 4) is 17.6 Å². The van der Waals surface area contributed by atoms with E-state index in [1.165, 1.54) is 18.7 Å². The predicted octanol–water partition coefficient (Wildman–Crippen LogP) is 1.23. The Labute approximate surface area is 145 Å². The van der Waals surface area contributed by atoms with E-state index >= 15 is 0 Å². The van der Waals surface area contributed by atoms with Crippen LogP contribution in [-0.2, 0) is 14.1 Å². The zero-order chi connectivity index (χ0) is 17.4. The molecule has 2 heterocycles. The highest BCUT2D eigenvalue weighted by molar-refractivity contribution is 9.10. The van der Waals surface area contributed by atoms with Gasteiger partial charge in [0.05, 0.1) is 5.69 Å². The minimum Gasteiger partial charge on any atom is -0.486 e. The molecule has 0 aliphatic carbocycles. The molecule has 1 aliphatic heterocycles. The van der Waals surface area contributed by atoms with Crippen LogP contribution in [0.2, 0.25) is 0 Å². The highest BCUT2D eigenvalue weighted by atomic mass is 79.9. The van der Waals surface area contributed by atoms with Gasteiger partial charge in [0.15, 0.2) is 17.1 Å². The Hall–Kier alpha value is -2.73. The Morgan fingerprint density at radius 1 is 1.17 bits per heavy atom. The van der Waals surface area contributed by atoms with Crippen LogP contribution < -0.4 is 26.0 Å². The molecule has 0 saturated heterocycles. The summed E-state index contributed by atoms with van der Waals surface area (Å²) in [5.74, 6) is 1.25. The summed E-state index contributed by atoms with van der Waals surface area (Å²) in [5, 5.41) is 12.3. The molecule has 0 radical (unpaired) electrons. The van der Waals surface area contributed by atoms with E-state index in [0.29, 0.717) is 34.9 Å². The SMILES string of the molecule is Cn1c(Nc2cc3c(cc2Br)OCCO3)c(C#N)c(=O)n(C)c1=O. The number of halogens is 1. The summed E-state index contributed by atoms with van der Waals surface area (Å²) in [7, 11) is 2.81.